The lowest BCUT2D eigenvalue weighted by molar-refractivity contribution is -0.137. The highest BCUT2D eigenvalue weighted by Crippen LogP contribution is 2.36. The fraction of sp³-hybridized carbons (Fsp3) is 0.364. The molecule has 1 aliphatic rings. The van der Waals surface area contributed by atoms with Crippen molar-refractivity contribution in [3.8, 4) is 0 Å². The molecule has 2 heterocycles. The van der Waals surface area contributed by atoms with Crippen molar-refractivity contribution >= 4 is 28.4 Å². The summed E-state index contributed by atoms with van der Waals surface area (Å²) < 4.78 is 45.2. The molecule has 0 atom stereocenters. The van der Waals surface area contributed by atoms with E-state index < -0.39 is 11.7 Å². The number of oxazole rings is 1. The van der Waals surface area contributed by atoms with E-state index >= 15 is 0 Å². The minimum absolute atomic E-state index is 0.0580. The van der Waals surface area contributed by atoms with Gasteiger partial charge in [0, 0.05) is 25.9 Å². The maximum absolute atomic E-state index is 13.2. The largest absolute Gasteiger partial charge is 0.441 e. The summed E-state index contributed by atoms with van der Waals surface area (Å²) in [5.74, 6) is 0.0430. The van der Waals surface area contributed by atoms with Crippen molar-refractivity contribution in [1.82, 2.24) is 4.98 Å². The Morgan fingerprint density at radius 3 is 2.60 bits per heavy atom. The van der Waals surface area contributed by atoms with Gasteiger partial charge in [0.25, 0.3) is 0 Å². The van der Waals surface area contributed by atoms with Gasteiger partial charge in [0.05, 0.1) is 16.9 Å². The van der Waals surface area contributed by atoms with Gasteiger partial charge in [-0.25, -0.2) is 4.98 Å². The van der Waals surface area contributed by atoms with E-state index in [-0.39, 0.29) is 24.4 Å². The minimum Gasteiger partial charge on any atom is -0.441 e. The Balaban J connectivity index is 1.50. The van der Waals surface area contributed by atoms with Crippen LogP contribution < -0.4 is 10.2 Å². The number of para-hydroxylation sites is 2. The summed E-state index contributed by atoms with van der Waals surface area (Å²) in [6.07, 6.45) is -1.10. The first-order valence-electron chi connectivity index (χ1n) is 10.0. The molecule has 8 heteroatoms. The second-order valence-corrected chi connectivity index (χ2v) is 7.40. The van der Waals surface area contributed by atoms with Crippen LogP contribution in [-0.2, 0) is 17.4 Å². The van der Waals surface area contributed by atoms with E-state index in [2.05, 4.69) is 10.3 Å². The molecule has 0 bridgehead atoms. The summed E-state index contributed by atoms with van der Waals surface area (Å²) in [6, 6.07) is 10.8. The van der Waals surface area contributed by atoms with Crippen LogP contribution in [0.25, 0.3) is 11.1 Å². The molecule has 1 amide bonds. The molecule has 0 spiro atoms. The number of anilines is 2. The zero-order valence-electron chi connectivity index (χ0n) is 16.3. The summed E-state index contributed by atoms with van der Waals surface area (Å²) in [4.78, 5) is 18.9. The highest BCUT2D eigenvalue weighted by atomic mass is 19.4. The Morgan fingerprint density at radius 1 is 1.10 bits per heavy atom. The number of aryl methyl sites for hydroxylation is 1. The number of nitrogens with zero attached hydrogens (tertiary/aromatic N) is 2. The SMILES string of the molecule is O=C(CCc1nc2ccccc2o1)Nc1cc(C(F)(F)F)ccc1N1CCCCC1. The molecule has 158 valence electrons. The Labute approximate surface area is 171 Å². The van der Waals surface area contributed by atoms with Crippen molar-refractivity contribution in [1.29, 1.82) is 0 Å². The van der Waals surface area contributed by atoms with Crippen molar-refractivity contribution < 1.29 is 22.4 Å². The zero-order chi connectivity index (χ0) is 21.1. The maximum Gasteiger partial charge on any atom is 0.416 e. The van der Waals surface area contributed by atoms with E-state index in [9.17, 15) is 18.0 Å². The second-order valence-electron chi connectivity index (χ2n) is 7.40. The van der Waals surface area contributed by atoms with Gasteiger partial charge in [-0.3, -0.25) is 4.79 Å². The average molecular weight is 417 g/mol. The average Bonchev–Trinajstić information content (AvgIpc) is 3.15. The molecule has 4 rings (SSSR count). The van der Waals surface area contributed by atoms with Crippen LogP contribution in [0.5, 0.6) is 0 Å². The number of hydrogen-bond donors (Lipinski definition) is 1. The summed E-state index contributed by atoms with van der Waals surface area (Å²) >= 11 is 0. The topological polar surface area (TPSA) is 58.4 Å². The van der Waals surface area contributed by atoms with Gasteiger partial charge in [-0.1, -0.05) is 12.1 Å². The predicted molar refractivity (Wildman–Crippen MR) is 108 cm³/mol. The summed E-state index contributed by atoms with van der Waals surface area (Å²) in [5.41, 5.74) is 1.38. The van der Waals surface area contributed by atoms with Crippen molar-refractivity contribution in [2.75, 3.05) is 23.3 Å². The fourth-order valence-corrected chi connectivity index (χ4v) is 3.68. The molecular formula is C22H22F3N3O2. The number of fused-ring (bicyclic) bond motifs is 1. The zero-order valence-corrected chi connectivity index (χ0v) is 16.3. The van der Waals surface area contributed by atoms with Gasteiger partial charge in [-0.05, 0) is 49.6 Å². The van der Waals surface area contributed by atoms with Crippen molar-refractivity contribution in [2.45, 2.75) is 38.3 Å². The third-order valence-electron chi connectivity index (χ3n) is 5.20. The lowest BCUT2D eigenvalue weighted by Crippen LogP contribution is -2.30. The number of carbonyl (C=O) groups excluding carboxylic acids is 1. The number of nitrogens with one attached hydrogen (secondary N) is 1. The minimum atomic E-state index is -4.47. The molecule has 0 radical (unpaired) electrons. The number of piperidine rings is 1. The number of benzene rings is 2. The molecule has 0 unspecified atom stereocenters. The molecule has 1 aromatic heterocycles. The molecule has 30 heavy (non-hydrogen) atoms. The van der Waals surface area contributed by atoms with E-state index in [1.54, 1.807) is 6.07 Å². The number of alkyl halides is 3. The predicted octanol–water partition coefficient (Wildman–Crippen LogP) is 5.41. The fourth-order valence-electron chi connectivity index (χ4n) is 3.68. The standard InChI is InChI=1S/C22H22F3N3O2/c23-22(24,25)15-8-9-18(28-12-4-1-5-13-28)17(14-15)26-20(29)10-11-21-27-16-6-2-3-7-19(16)30-21/h2-3,6-9,14H,1,4-5,10-13H2,(H,26,29). The van der Waals surface area contributed by atoms with Crippen LogP contribution >= 0.6 is 0 Å². The quantitative estimate of drug-likeness (QED) is 0.603. The molecule has 1 fully saturated rings. The Kier molecular flexibility index (Phi) is 5.65. The lowest BCUT2D eigenvalue weighted by Gasteiger charge is -2.31. The number of halogens is 3. The first kappa shape index (κ1) is 20.3. The van der Waals surface area contributed by atoms with E-state index in [1.165, 1.54) is 6.07 Å². The Morgan fingerprint density at radius 2 is 1.87 bits per heavy atom. The van der Waals surface area contributed by atoms with Crippen LogP contribution in [0.4, 0.5) is 24.5 Å². The second kappa shape index (κ2) is 8.38. The normalized spacial score (nSPS) is 14.8. The van der Waals surface area contributed by atoms with Crippen LogP contribution in [0.2, 0.25) is 0 Å². The third-order valence-corrected chi connectivity index (χ3v) is 5.20. The van der Waals surface area contributed by atoms with Crippen molar-refractivity contribution in [2.24, 2.45) is 0 Å². The number of rotatable bonds is 5. The molecule has 1 aliphatic heterocycles. The third kappa shape index (κ3) is 4.58. The van der Waals surface area contributed by atoms with E-state index in [4.69, 9.17) is 4.42 Å². The molecule has 1 N–H and O–H groups in total. The summed E-state index contributed by atoms with van der Waals surface area (Å²) in [5, 5.41) is 2.67. The Bertz CT molecular complexity index is 1010. The molecule has 3 aromatic rings. The maximum atomic E-state index is 13.2. The van der Waals surface area contributed by atoms with Crippen LogP contribution in [0, 0.1) is 0 Å². The van der Waals surface area contributed by atoms with Gasteiger partial charge in [0.15, 0.2) is 11.5 Å². The molecule has 2 aromatic carbocycles. The van der Waals surface area contributed by atoms with Gasteiger partial charge in [0.2, 0.25) is 5.91 Å². The van der Waals surface area contributed by atoms with Crippen LogP contribution in [-0.4, -0.2) is 24.0 Å². The smallest absolute Gasteiger partial charge is 0.416 e. The molecule has 0 saturated carbocycles. The van der Waals surface area contributed by atoms with Gasteiger partial charge in [-0.2, -0.15) is 13.2 Å². The molecule has 0 aliphatic carbocycles. The molecule has 5 nitrogen and oxygen atoms in total. The van der Waals surface area contributed by atoms with Gasteiger partial charge >= 0.3 is 6.18 Å². The lowest BCUT2D eigenvalue weighted by atomic mass is 10.1. The first-order chi connectivity index (χ1) is 14.4. The van der Waals surface area contributed by atoms with E-state index in [0.717, 1.165) is 44.5 Å². The molecular weight excluding hydrogens is 395 g/mol. The summed E-state index contributed by atoms with van der Waals surface area (Å²) in [6.45, 7) is 1.52. The summed E-state index contributed by atoms with van der Waals surface area (Å²) in [7, 11) is 0. The number of amides is 1. The van der Waals surface area contributed by atoms with Gasteiger partial charge in [0.1, 0.15) is 5.52 Å². The first-order valence-corrected chi connectivity index (χ1v) is 10.0. The van der Waals surface area contributed by atoms with Crippen molar-refractivity contribution in [3.63, 3.8) is 0 Å². The van der Waals surface area contributed by atoms with Gasteiger partial charge in [-0.15, -0.1) is 0 Å². The Hall–Kier alpha value is -3.03. The monoisotopic (exact) mass is 417 g/mol. The van der Waals surface area contributed by atoms with Gasteiger partial charge < -0.3 is 14.6 Å². The van der Waals surface area contributed by atoms with Crippen LogP contribution in [0.3, 0.4) is 0 Å². The number of carbonyl (C=O) groups is 1. The van der Waals surface area contributed by atoms with Crippen LogP contribution in [0.1, 0.15) is 37.1 Å². The number of aromatic nitrogens is 1. The van der Waals surface area contributed by atoms with E-state index in [0.29, 0.717) is 22.7 Å². The highest BCUT2D eigenvalue weighted by molar-refractivity contribution is 5.94. The molecule has 1 saturated heterocycles. The number of hydrogen-bond acceptors (Lipinski definition) is 4. The van der Waals surface area contributed by atoms with E-state index in [1.807, 2.05) is 23.1 Å². The highest BCUT2D eigenvalue weighted by Gasteiger charge is 2.31. The van der Waals surface area contributed by atoms with Crippen LogP contribution in [0.15, 0.2) is 46.9 Å². The van der Waals surface area contributed by atoms with Crippen molar-refractivity contribution in [3.05, 3.63) is 53.9 Å².